The highest BCUT2D eigenvalue weighted by Crippen LogP contribution is 2.65. The number of hydrogen-bond donors (Lipinski definition) is 2. The van der Waals surface area contributed by atoms with Crippen LogP contribution in [0.15, 0.2) is 43.0 Å². The molecule has 3 heterocycles. The van der Waals surface area contributed by atoms with Crippen LogP contribution < -0.4 is 10.6 Å². The molecule has 2 aliphatic carbocycles. The van der Waals surface area contributed by atoms with E-state index in [4.69, 9.17) is 0 Å². The summed E-state index contributed by atoms with van der Waals surface area (Å²) in [6, 6.07) is 5.97. The van der Waals surface area contributed by atoms with E-state index in [2.05, 4.69) is 46.5 Å². The topological polar surface area (TPSA) is 84.2 Å². The number of nitrogens with zero attached hydrogens (tertiary/aromatic N) is 4. The minimum absolute atomic E-state index is 0.0866. The van der Waals surface area contributed by atoms with Crippen molar-refractivity contribution in [2.45, 2.75) is 52.6 Å². The normalized spacial score (nSPS) is 26.8. The predicted molar refractivity (Wildman–Crippen MR) is 115 cm³/mol. The minimum atomic E-state index is -0.0866. The molecule has 5 rings (SSSR count). The van der Waals surface area contributed by atoms with Gasteiger partial charge >= 0.3 is 0 Å². The van der Waals surface area contributed by atoms with E-state index in [1.165, 1.54) is 12.8 Å². The summed E-state index contributed by atoms with van der Waals surface area (Å²) in [6.07, 6.45) is 10.5. The molecule has 2 saturated carbocycles. The van der Waals surface area contributed by atoms with Gasteiger partial charge in [0, 0.05) is 31.2 Å². The lowest BCUT2D eigenvalue weighted by atomic mass is 9.69. The molecule has 0 saturated heterocycles. The number of anilines is 1. The number of carbonyl (C=O) groups excluding carboxylic acids is 1. The molecule has 2 bridgehead atoms. The largest absolute Gasteiger partial charge is 0.366 e. The molecule has 7 nitrogen and oxygen atoms in total. The maximum absolute atomic E-state index is 13.2. The van der Waals surface area contributed by atoms with E-state index < -0.39 is 0 Å². The van der Waals surface area contributed by atoms with Crippen LogP contribution in [0.4, 0.5) is 5.82 Å². The van der Waals surface area contributed by atoms with E-state index in [1.54, 1.807) is 16.9 Å². The molecule has 0 aromatic carbocycles. The second kappa shape index (κ2) is 6.79. The molecular formula is C23H28N6O. The Balaban J connectivity index is 1.35. The van der Waals surface area contributed by atoms with Crippen LogP contribution in [0.3, 0.4) is 0 Å². The second-order valence-electron chi connectivity index (χ2n) is 9.49. The highest BCUT2D eigenvalue weighted by Gasteiger charge is 2.61. The van der Waals surface area contributed by atoms with Crippen LogP contribution in [0, 0.1) is 16.7 Å². The van der Waals surface area contributed by atoms with Crippen LogP contribution in [0.1, 0.15) is 56.0 Å². The zero-order chi connectivity index (χ0) is 20.9. The van der Waals surface area contributed by atoms with E-state index in [0.29, 0.717) is 29.5 Å². The molecule has 0 spiro atoms. The Morgan fingerprint density at radius 3 is 2.83 bits per heavy atom. The maximum atomic E-state index is 13.2. The average molecular weight is 405 g/mol. The Hall–Kier alpha value is -2.96. The minimum Gasteiger partial charge on any atom is -0.366 e. The quantitative estimate of drug-likeness (QED) is 0.678. The number of nitrogens with one attached hydrogen (secondary N) is 2. The summed E-state index contributed by atoms with van der Waals surface area (Å²) in [5.74, 6) is 1.29. The summed E-state index contributed by atoms with van der Waals surface area (Å²) in [5, 5.41) is 10.9. The van der Waals surface area contributed by atoms with Crippen LogP contribution in [-0.2, 0) is 6.54 Å². The van der Waals surface area contributed by atoms with Gasteiger partial charge in [0.2, 0.25) is 0 Å². The SMILES string of the molecule is CC1(C)C2CCC1(C)C(NC(=O)c1cnn3ccc(NCc4cccnc4)nc13)C2. The number of pyridine rings is 1. The number of carbonyl (C=O) groups is 1. The zero-order valence-electron chi connectivity index (χ0n) is 17.7. The van der Waals surface area contributed by atoms with Gasteiger partial charge in [0.15, 0.2) is 5.65 Å². The van der Waals surface area contributed by atoms with Crippen LogP contribution >= 0.6 is 0 Å². The van der Waals surface area contributed by atoms with Gasteiger partial charge in [-0.05, 0) is 53.7 Å². The number of hydrogen-bond acceptors (Lipinski definition) is 5. The number of fused-ring (bicyclic) bond motifs is 3. The lowest BCUT2D eigenvalue weighted by Crippen LogP contribution is -2.46. The lowest BCUT2D eigenvalue weighted by molar-refractivity contribution is 0.0827. The first-order valence-electron chi connectivity index (χ1n) is 10.7. The number of amides is 1. The van der Waals surface area contributed by atoms with Crippen LogP contribution in [0.25, 0.3) is 5.65 Å². The van der Waals surface area contributed by atoms with E-state index in [1.807, 2.05) is 30.6 Å². The fourth-order valence-electron chi connectivity index (χ4n) is 5.48. The van der Waals surface area contributed by atoms with Gasteiger partial charge in [0.05, 0.1) is 6.20 Å². The summed E-state index contributed by atoms with van der Waals surface area (Å²) in [6.45, 7) is 7.66. The fourth-order valence-corrected chi connectivity index (χ4v) is 5.48. The molecule has 2 N–H and O–H groups in total. The molecule has 0 radical (unpaired) electrons. The second-order valence-corrected chi connectivity index (χ2v) is 9.49. The van der Waals surface area contributed by atoms with Gasteiger partial charge in [-0.25, -0.2) is 9.50 Å². The zero-order valence-corrected chi connectivity index (χ0v) is 17.7. The van der Waals surface area contributed by atoms with Gasteiger partial charge < -0.3 is 10.6 Å². The molecule has 2 fully saturated rings. The standard InChI is InChI=1S/C23H28N6O/c1-22(2)16-6-8-23(22,3)18(11-16)27-21(30)17-14-26-29-10-7-19(28-20(17)29)25-13-15-5-4-9-24-12-15/h4-5,7,9-10,12,14,16,18H,6,8,11,13H2,1-3H3,(H,25,28)(H,27,30). The first kappa shape index (κ1) is 19.0. The van der Waals surface area contributed by atoms with Crippen molar-refractivity contribution in [2.75, 3.05) is 5.32 Å². The van der Waals surface area contributed by atoms with E-state index in [9.17, 15) is 4.79 Å². The maximum Gasteiger partial charge on any atom is 0.257 e. The number of aromatic nitrogens is 4. The smallest absolute Gasteiger partial charge is 0.257 e. The average Bonchev–Trinajstić information content (AvgIpc) is 3.32. The first-order valence-corrected chi connectivity index (χ1v) is 10.7. The number of rotatable bonds is 5. The van der Waals surface area contributed by atoms with E-state index >= 15 is 0 Å². The molecule has 3 aromatic rings. The lowest BCUT2D eigenvalue weighted by Gasteiger charge is -2.39. The van der Waals surface area contributed by atoms with Crippen molar-refractivity contribution in [3.05, 3.63) is 54.1 Å². The highest BCUT2D eigenvalue weighted by atomic mass is 16.1. The summed E-state index contributed by atoms with van der Waals surface area (Å²) in [4.78, 5) is 21.9. The van der Waals surface area contributed by atoms with Gasteiger partial charge in [-0.3, -0.25) is 9.78 Å². The Morgan fingerprint density at radius 1 is 1.27 bits per heavy atom. The summed E-state index contributed by atoms with van der Waals surface area (Å²) < 4.78 is 1.65. The molecule has 156 valence electrons. The van der Waals surface area contributed by atoms with Crippen LogP contribution in [0.2, 0.25) is 0 Å². The Labute approximate surface area is 176 Å². The van der Waals surface area contributed by atoms with Crippen molar-refractivity contribution >= 4 is 17.4 Å². The third-order valence-corrected chi connectivity index (χ3v) is 7.91. The molecule has 3 aromatic heterocycles. The van der Waals surface area contributed by atoms with Gasteiger partial charge in [0.1, 0.15) is 11.4 Å². The first-order chi connectivity index (χ1) is 14.4. The Bertz CT molecular complexity index is 1090. The van der Waals surface area contributed by atoms with Crippen molar-refractivity contribution in [3.63, 3.8) is 0 Å². The fraction of sp³-hybridized carbons (Fsp3) is 0.478. The molecule has 3 atom stereocenters. The van der Waals surface area contributed by atoms with Crippen molar-refractivity contribution in [3.8, 4) is 0 Å². The molecule has 2 aliphatic rings. The summed E-state index contributed by atoms with van der Waals surface area (Å²) >= 11 is 0. The molecule has 3 unspecified atom stereocenters. The third-order valence-electron chi connectivity index (χ3n) is 7.91. The monoisotopic (exact) mass is 404 g/mol. The molecule has 7 heteroatoms. The molecule has 0 aliphatic heterocycles. The summed E-state index contributed by atoms with van der Waals surface area (Å²) in [5.41, 5.74) is 2.55. The van der Waals surface area contributed by atoms with Crippen molar-refractivity contribution in [2.24, 2.45) is 16.7 Å². The third kappa shape index (κ3) is 2.87. The highest BCUT2D eigenvalue weighted by molar-refractivity contribution is 6.00. The van der Waals surface area contributed by atoms with Gasteiger partial charge in [-0.2, -0.15) is 5.10 Å². The van der Waals surface area contributed by atoms with Gasteiger partial charge in [-0.1, -0.05) is 26.8 Å². The predicted octanol–water partition coefficient (Wildman–Crippen LogP) is 3.68. The van der Waals surface area contributed by atoms with Crippen molar-refractivity contribution in [1.82, 2.24) is 24.9 Å². The molecule has 1 amide bonds. The molecule has 30 heavy (non-hydrogen) atoms. The van der Waals surface area contributed by atoms with Crippen molar-refractivity contribution < 1.29 is 4.79 Å². The van der Waals surface area contributed by atoms with E-state index in [0.717, 1.165) is 12.0 Å². The van der Waals surface area contributed by atoms with Gasteiger partial charge in [-0.15, -0.1) is 0 Å². The van der Waals surface area contributed by atoms with Crippen LogP contribution in [0.5, 0.6) is 0 Å². The van der Waals surface area contributed by atoms with Crippen molar-refractivity contribution in [1.29, 1.82) is 0 Å². The van der Waals surface area contributed by atoms with Crippen LogP contribution in [-0.4, -0.2) is 31.5 Å². The summed E-state index contributed by atoms with van der Waals surface area (Å²) in [7, 11) is 0. The Kier molecular flexibility index (Phi) is 4.31. The van der Waals surface area contributed by atoms with E-state index in [-0.39, 0.29) is 22.8 Å². The molecular weight excluding hydrogens is 376 g/mol. The van der Waals surface area contributed by atoms with Gasteiger partial charge in [0.25, 0.3) is 5.91 Å². The Morgan fingerprint density at radius 2 is 2.13 bits per heavy atom.